The third-order valence-corrected chi connectivity index (χ3v) is 6.46. The van der Waals surface area contributed by atoms with Gasteiger partial charge in [-0.1, -0.05) is 0 Å². The molecule has 0 aromatic carbocycles. The summed E-state index contributed by atoms with van der Waals surface area (Å²) < 4.78 is 3.94. The van der Waals surface area contributed by atoms with E-state index in [1.807, 2.05) is 8.02 Å². The van der Waals surface area contributed by atoms with Gasteiger partial charge in [0.1, 0.15) is 0 Å². The van der Waals surface area contributed by atoms with Crippen molar-refractivity contribution < 1.29 is 0 Å². The van der Waals surface area contributed by atoms with E-state index in [0.717, 1.165) is 0 Å². The van der Waals surface area contributed by atoms with Crippen LogP contribution in [0.25, 0.3) is 0 Å². The van der Waals surface area contributed by atoms with Crippen LogP contribution in [0.5, 0.6) is 0 Å². The summed E-state index contributed by atoms with van der Waals surface area (Å²) in [6, 6.07) is 0. The van der Waals surface area contributed by atoms with E-state index in [9.17, 15) is 0 Å². The van der Waals surface area contributed by atoms with Crippen LogP contribution in [0.1, 0.15) is 0 Å². The van der Waals surface area contributed by atoms with Gasteiger partial charge in [0.15, 0.2) is 0 Å². The maximum atomic E-state index is 4.84. The van der Waals surface area contributed by atoms with Crippen LogP contribution in [0.4, 0.5) is 0 Å². The Balaban J connectivity index is 4.32. The molecule has 0 rings (SSSR count). The first-order valence-corrected chi connectivity index (χ1v) is 5.84. The van der Waals surface area contributed by atoms with Crippen molar-refractivity contribution in [1.82, 2.24) is 0 Å². The minimum atomic E-state index is 0.0227. The normalized spacial score (nSPS) is 5.67. The average Bonchev–Trinajstić information content (AvgIpc) is 1.65. The first-order valence-electron chi connectivity index (χ1n) is 1.07. The predicted molar refractivity (Wildman–Crippen MR) is 54.3 cm³/mol. The van der Waals surface area contributed by atoms with Crippen molar-refractivity contribution in [3.63, 3.8) is 0 Å². The van der Waals surface area contributed by atoms with Crippen molar-refractivity contribution in [2.24, 2.45) is 0 Å². The molecule has 0 saturated heterocycles. The third kappa shape index (κ3) is 4.20. The Morgan fingerprint density at radius 2 is 1.67 bits per heavy atom. The van der Waals surface area contributed by atoms with Crippen LogP contribution in [0.15, 0.2) is 0 Å². The summed E-state index contributed by atoms with van der Waals surface area (Å²) in [6.07, 6.45) is 0. The Kier molecular flexibility index (Phi) is 6.92. The molecule has 0 aliphatic rings. The zero-order valence-electron chi connectivity index (χ0n) is 2.73. The van der Waals surface area contributed by atoms with Gasteiger partial charge in [-0.3, -0.25) is 0 Å². The predicted octanol–water partition coefficient (Wildman–Crippen LogP) is 1.00. The molecule has 0 fully saturated rings. The van der Waals surface area contributed by atoms with Gasteiger partial charge < -0.3 is 0 Å². The van der Waals surface area contributed by atoms with E-state index in [1.54, 1.807) is 0 Å². The monoisotopic (exact) mass is 340 g/mol. The minimum absolute atomic E-state index is 0.0227. The maximum absolute atomic E-state index is 4.84. The number of hydrogen-bond donors (Lipinski definition) is 0. The molecule has 6 heavy (non-hydrogen) atoms. The van der Waals surface area contributed by atoms with E-state index >= 15 is 0 Å². The summed E-state index contributed by atoms with van der Waals surface area (Å²) in [5.41, 5.74) is 0. The van der Waals surface area contributed by atoms with Gasteiger partial charge in [-0.25, -0.2) is 0 Å². The van der Waals surface area contributed by atoms with Crippen LogP contribution < -0.4 is 0 Å². The SMILES string of the molecule is S=S(=BI)=BI. The van der Waals surface area contributed by atoms with Gasteiger partial charge in [0.05, 0.1) is 0 Å². The molecule has 0 aromatic heterocycles. The van der Waals surface area contributed by atoms with Crippen LogP contribution >= 0.6 is 44.7 Å². The summed E-state index contributed by atoms with van der Waals surface area (Å²) >= 11 is 9.16. The molecule has 0 aliphatic carbocycles. The molecule has 0 spiro atoms. The summed E-state index contributed by atoms with van der Waals surface area (Å²) in [7, 11) is 0.0227. The molecule has 0 aliphatic heterocycles. The molecular weight excluding hydrogens is 340 g/mol. The Hall–Kier alpha value is 2.03. The molecule has 0 aromatic rings. The summed E-state index contributed by atoms with van der Waals surface area (Å²) in [5.74, 6) is 0. The van der Waals surface area contributed by atoms with Gasteiger partial charge in [-0.05, 0) is 0 Å². The number of hydrogen-bond acceptors (Lipinski definition) is 1. The van der Waals surface area contributed by atoms with E-state index in [1.165, 1.54) is 0 Å². The number of rotatable bonds is 0. The van der Waals surface area contributed by atoms with E-state index in [0.29, 0.717) is 0 Å². The van der Waals surface area contributed by atoms with E-state index < -0.39 is 0 Å². The Morgan fingerprint density at radius 3 is 1.67 bits per heavy atom. The standard InChI is InChI=1S/B2I2S2/c3-1-6(5)2-4. The van der Waals surface area contributed by atoms with Gasteiger partial charge in [-0.2, -0.15) is 0 Å². The molecule has 32 valence electrons. The van der Waals surface area contributed by atoms with Crippen molar-refractivity contribution in [3.8, 4) is 0 Å². The molecule has 0 bridgehead atoms. The molecule has 6 heteroatoms. The van der Waals surface area contributed by atoms with Gasteiger partial charge >= 0.3 is 72.3 Å². The average molecular weight is 340 g/mol. The van der Waals surface area contributed by atoms with Crippen LogP contribution in [-0.2, 0) is 19.5 Å². The van der Waals surface area contributed by atoms with Crippen molar-refractivity contribution in [3.05, 3.63) is 0 Å². The van der Waals surface area contributed by atoms with Crippen molar-refractivity contribution in [2.75, 3.05) is 0 Å². The van der Waals surface area contributed by atoms with E-state index in [-0.39, 0.29) is 8.31 Å². The van der Waals surface area contributed by atoms with Crippen molar-refractivity contribution in [1.29, 1.82) is 0 Å². The van der Waals surface area contributed by atoms with Crippen LogP contribution in [0.2, 0.25) is 0 Å². The topological polar surface area (TPSA) is 0 Å². The fourth-order valence-corrected chi connectivity index (χ4v) is 2.62. The molecule has 0 amide bonds. The molecular formula is B2I2S2. The second-order valence-electron chi connectivity index (χ2n) is 0.507. The van der Waals surface area contributed by atoms with Crippen LogP contribution in [0, 0.1) is 0 Å². The van der Waals surface area contributed by atoms with Crippen molar-refractivity contribution in [2.45, 2.75) is 0 Å². The Morgan fingerprint density at radius 1 is 1.33 bits per heavy atom. The van der Waals surface area contributed by atoms with Gasteiger partial charge in [0.2, 0.25) is 0 Å². The summed E-state index contributed by atoms with van der Waals surface area (Å²) in [6.45, 7) is 0. The molecule has 0 unspecified atom stereocenters. The molecule has 0 atom stereocenters. The van der Waals surface area contributed by atoms with Crippen LogP contribution in [-0.4, -0.2) is 8.02 Å². The summed E-state index contributed by atoms with van der Waals surface area (Å²) in [4.78, 5) is 0. The molecule has 0 N–H and O–H groups in total. The first kappa shape index (κ1) is 8.03. The van der Waals surface area contributed by atoms with Gasteiger partial charge in [-0.15, -0.1) is 0 Å². The fourth-order valence-electron chi connectivity index (χ4n) is 0.0194. The van der Waals surface area contributed by atoms with Gasteiger partial charge in [0, 0.05) is 0 Å². The fraction of sp³-hybridized carbons (Fsp3) is 0. The Labute approximate surface area is 71.2 Å². The van der Waals surface area contributed by atoms with Crippen LogP contribution in [0.3, 0.4) is 0 Å². The Bertz CT molecular complexity index is 129. The first-order chi connectivity index (χ1) is 2.81. The molecule has 0 heterocycles. The second-order valence-corrected chi connectivity index (χ2v) is 5.73. The quantitative estimate of drug-likeness (QED) is 0.469. The molecule has 0 nitrogen and oxygen atoms in total. The molecule has 0 saturated carbocycles. The summed E-state index contributed by atoms with van der Waals surface area (Å²) in [5, 5.41) is 0. The second kappa shape index (κ2) is 5.17. The molecule has 0 radical (unpaired) electrons. The zero-order valence-corrected chi connectivity index (χ0v) is 8.68. The van der Waals surface area contributed by atoms with E-state index in [2.05, 4.69) is 44.7 Å². The third-order valence-electron chi connectivity index (χ3n) is 0.176. The van der Waals surface area contributed by atoms with Gasteiger partial charge in [0.25, 0.3) is 0 Å². The zero-order chi connectivity index (χ0) is 4.99. The van der Waals surface area contributed by atoms with E-state index in [4.69, 9.17) is 11.2 Å². The number of halogens is 2. The van der Waals surface area contributed by atoms with Crippen molar-refractivity contribution >= 4 is 72.3 Å².